The van der Waals surface area contributed by atoms with Crippen LogP contribution >= 0.6 is 0 Å². The van der Waals surface area contributed by atoms with Gasteiger partial charge in [-0.25, -0.2) is 0 Å². The highest BCUT2D eigenvalue weighted by Crippen LogP contribution is 2.44. The summed E-state index contributed by atoms with van der Waals surface area (Å²) in [4.78, 5) is 13.4. The molecular formula is C32H30N2O6. The Balaban J connectivity index is 1.35. The number of hydrogen-bond acceptors (Lipinski definition) is 7. The Labute approximate surface area is 233 Å². The first-order valence-corrected chi connectivity index (χ1v) is 12.8. The predicted molar refractivity (Wildman–Crippen MR) is 149 cm³/mol. The zero-order chi connectivity index (χ0) is 28.4. The topological polar surface area (TPSA) is 123 Å². The zero-order valence-corrected chi connectivity index (χ0v) is 22.2. The first-order chi connectivity index (χ1) is 19.1. The van der Waals surface area contributed by atoms with E-state index in [1.165, 1.54) is 12.1 Å². The van der Waals surface area contributed by atoms with Crippen molar-refractivity contribution in [3.05, 3.63) is 95.1 Å². The fourth-order valence-corrected chi connectivity index (χ4v) is 4.56. The number of nitrogens with one attached hydrogen (secondary N) is 1. The molecule has 5 N–H and O–H groups in total. The summed E-state index contributed by atoms with van der Waals surface area (Å²) in [6.07, 6.45) is 0. The van der Waals surface area contributed by atoms with Gasteiger partial charge in [0.2, 0.25) is 0 Å². The lowest BCUT2D eigenvalue weighted by molar-refractivity contribution is -0.482. The van der Waals surface area contributed by atoms with Gasteiger partial charge in [0.15, 0.2) is 0 Å². The molecule has 3 aliphatic rings. The maximum absolute atomic E-state index is 13.4. The predicted octanol–water partition coefficient (Wildman–Crippen LogP) is 3.12. The standard InChI is InChI=1S/C32H30N2O6/c1-30-19-38-32(39-20-30,40-21-30)29(31(2,37)25-13-17-27(35)18-14-25)34-28(36)24-11-7-22(8-12-24)5-3-4-6-23-9-15-26(33)16-10-23/h7-18,29,35,37H,19-21,33H2,1-2H3,(H,34,36)/t29-,30?,31-,32?/m0/s1. The van der Waals surface area contributed by atoms with Gasteiger partial charge in [0.25, 0.3) is 5.91 Å². The first-order valence-electron chi connectivity index (χ1n) is 12.8. The number of phenols is 1. The van der Waals surface area contributed by atoms with Crippen LogP contribution in [0.15, 0.2) is 72.8 Å². The molecular weight excluding hydrogens is 508 g/mol. The van der Waals surface area contributed by atoms with Gasteiger partial charge < -0.3 is 35.5 Å². The Kier molecular flexibility index (Phi) is 7.29. The summed E-state index contributed by atoms with van der Waals surface area (Å²) < 4.78 is 18.0. The number of carbonyl (C=O) groups excluding carboxylic acids is 1. The molecule has 0 spiro atoms. The number of aromatic hydroxyl groups is 1. The normalized spacial score (nSPS) is 23.5. The van der Waals surface area contributed by atoms with Gasteiger partial charge in [-0.15, -0.1) is 0 Å². The minimum atomic E-state index is -1.69. The van der Waals surface area contributed by atoms with Gasteiger partial charge in [0.1, 0.15) is 17.4 Å². The van der Waals surface area contributed by atoms with Gasteiger partial charge in [-0.1, -0.05) is 30.9 Å². The molecule has 40 heavy (non-hydrogen) atoms. The molecule has 2 atom stereocenters. The van der Waals surface area contributed by atoms with Gasteiger partial charge in [0, 0.05) is 27.8 Å². The summed E-state index contributed by atoms with van der Waals surface area (Å²) in [6.45, 7) is 4.57. The maximum atomic E-state index is 13.4. The second-order valence-corrected chi connectivity index (χ2v) is 10.6. The lowest BCUT2D eigenvalue weighted by Crippen LogP contribution is -2.72. The molecule has 0 aromatic heterocycles. The van der Waals surface area contributed by atoms with Gasteiger partial charge in [-0.3, -0.25) is 4.79 Å². The van der Waals surface area contributed by atoms with E-state index in [4.69, 9.17) is 19.9 Å². The van der Waals surface area contributed by atoms with Crippen molar-refractivity contribution in [3.63, 3.8) is 0 Å². The molecule has 0 radical (unpaired) electrons. The quantitative estimate of drug-likeness (QED) is 0.291. The lowest BCUT2D eigenvalue weighted by atomic mass is 9.83. The van der Waals surface area contributed by atoms with Crippen molar-refractivity contribution < 1.29 is 29.2 Å². The SMILES string of the molecule is CC12COC([C@@H](NC(=O)c3ccc(C#CC#Cc4ccc(N)cc4)cc3)[C@@](C)(O)c3ccc(O)cc3)(OC1)OC2. The molecule has 3 aromatic rings. The third-order valence-corrected chi connectivity index (χ3v) is 7.04. The first kappa shape index (κ1) is 27.3. The number of rotatable bonds is 5. The summed E-state index contributed by atoms with van der Waals surface area (Å²) in [5.41, 5.74) is 6.63. The van der Waals surface area contributed by atoms with Crippen LogP contribution in [0.3, 0.4) is 0 Å². The van der Waals surface area contributed by atoms with Gasteiger partial charge in [-0.2, -0.15) is 0 Å². The number of hydrogen-bond donors (Lipinski definition) is 4. The van der Waals surface area contributed by atoms with Crippen LogP contribution < -0.4 is 11.1 Å². The third kappa shape index (κ3) is 5.67. The van der Waals surface area contributed by atoms with Crippen LogP contribution in [0.4, 0.5) is 5.69 Å². The van der Waals surface area contributed by atoms with E-state index in [0.29, 0.717) is 42.2 Å². The Morgan fingerprint density at radius 3 is 1.93 bits per heavy atom. The Bertz CT molecular complexity index is 1480. The van der Waals surface area contributed by atoms with Crippen LogP contribution in [-0.4, -0.2) is 48.0 Å². The third-order valence-electron chi connectivity index (χ3n) is 7.04. The fourth-order valence-electron chi connectivity index (χ4n) is 4.56. The molecule has 0 saturated carbocycles. The molecule has 204 valence electrons. The molecule has 1 amide bonds. The Hall–Kier alpha value is -4.31. The van der Waals surface area contributed by atoms with Crippen molar-refractivity contribution in [1.29, 1.82) is 0 Å². The number of anilines is 1. The molecule has 0 aliphatic carbocycles. The van der Waals surface area contributed by atoms with E-state index in [9.17, 15) is 15.0 Å². The number of nitrogens with two attached hydrogens (primary N) is 1. The van der Waals surface area contributed by atoms with Gasteiger partial charge in [0.05, 0.1) is 19.8 Å². The fraction of sp³-hybridized carbons (Fsp3) is 0.281. The van der Waals surface area contributed by atoms with Gasteiger partial charge in [-0.05, 0) is 85.0 Å². The summed E-state index contributed by atoms with van der Waals surface area (Å²) in [7, 11) is 0. The molecule has 0 unspecified atom stereocenters. The van der Waals surface area contributed by atoms with E-state index in [-0.39, 0.29) is 11.2 Å². The van der Waals surface area contributed by atoms with Crippen LogP contribution in [0.25, 0.3) is 0 Å². The molecule has 2 bridgehead atoms. The average molecular weight is 539 g/mol. The minimum absolute atomic E-state index is 0.0487. The van der Waals surface area contributed by atoms with E-state index in [0.717, 1.165) is 5.56 Å². The van der Waals surface area contributed by atoms with Crippen LogP contribution in [0.2, 0.25) is 0 Å². The Morgan fingerprint density at radius 1 is 0.900 bits per heavy atom. The number of benzene rings is 3. The largest absolute Gasteiger partial charge is 0.508 e. The van der Waals surface area contributed by atoms with Crippen LogP contribution in [0, 0.1) is 29.1 Å². The smallest absolute Gasteiger partial charge is 0.307 e. The summed E-state index contributed by atoms with van der Waals surface area (Å²) in [6, 6.07) is 18.8. The summed E-state index contributed by atoms with van der Waals surface area (Å²) >= 11 is 0. The Morgan fingerprint density at radius 2 is 1.40 bits per heavy atom. The van der Waals surface area contributed by atoms with E-state index in [1.807, 2.05) is 19.1 Å². The highest BCUT2D eigenvalue weighted by atomic mass is 16.9. The highest BCUT2D eigenvalue weighted by molar-refractivity contribution is 5.94. The van der Waals surface area contributed by atoms with Crippen molar-refractivity contribution >= 4 is 11.6 Å². The van der Waals surface area contributed by atoms with Crippen molar-refractivity contribution in [3.8, 4) is 29.4 Å². The average Bonchev–Trinajstić information content (AvgIpc) is 2.96. The van der Waals surface area contributed by atoms with Crippen molar-refractivity contribution in [1.82, 2.24) is 5.32 Å². The molecule has 8 heteroatoms. The number of carbonyl (C=O) groups is 1. The number of aliphatic hydroxyl groups is 1. The van der Waals surface area contributed by atoms with Crippen LogP contribution in [0.5, 0.6) is 5.75 Å². The molecule has 3 fully saturated rings. The van der Waals surface area contributed by atoms with E-state index in [2.05, 4.69) is 29.0 Å². The molecule has 8 nitrogen and oxygen atoms in total. The molecule has 3 saturated heterocycles. The van der Waals surface area contributed by atoms with Crippen LogP contribution in [-0.2, 0) is 19.8 Å². The van der Waals surface area contributed by atoms with Gasteiger partial charge >= 0.3 is 5.97 Å². The second kappa shape index (κ2) is 10.7. The lowest BCUT2D eigenvalue weighted by Gasteiger charge is -2.55. The molecule has 3 aromatic carbocycles. The second-order valence-electron chi connectivity index (χ2n) is 10.6. The summed E-state index contributed by atoms with van der Waals surface area (Å²) in [5, 5.41) is 24.4. The minimum Gasteiger partial charge on any atom is -0.508 e. The molecule has 6 rings (SSSR count). The number of ether oxygens (including phenoxy) is 3. The van der Waals surface area contributed by atoms with Crippen LogP contribution in [0.1, 0.15) is 40.9 Å². The zero-order valence-electron chi connectivity index (χ0n) is 22.2. The van der Waals surface area contributed by atoms with Crippen molar-refractivity contribution in [2.24, 2.45) is 5.41 Å². The van der Waals surface area contributed by atoms with E-state index >= 15 is 0 Å². The highest BCUT2D eigenvalue weighted by Gasteiger charge is 2.60. The summed E-state index contributed by atoms with van der Waals surface area (Å²) in [5.74, 6) is 9.42. The molecule has 3 heterocycles. The van der Waals surface area contributed by atoms with Crippen molar-refractivity contribution in [2.45, 2.75) is 31.5 Å². The number of fused-ring (bicyclic) bond motifs is 3. The van der Waals surface area contributed by atoms with Crippen molar-refractivity contribution in [2.75, 3.05) is 25.6 Å². The maximum Gasteiger partial charge on any atom is 0.307 e. The van der Waals surface area contributed by atoms with E-state index in [1.54, 1.807) is 55.5 Å². The number of nitrogen functional groups attached to an aromatic ring is 1. The number of phenolic OH excluding ortho intramolecular Hbond substituents is 1. The van der Waals surface area contributed by atoms with E-state index < -0.39 is 23.5 Å². The monoisotopic (exact) mass is 538 g/mol. The molecule has 3 aliphatic heterocycles. The number of amides is 1.